The lowest BCUT2D eigenvalue weighted by atomic mass is 10.1. The Hall–Kier alpha value is -0.890. The van der Waals surface area contributed by atoms with Crippen molar-refractivity contribution in [3.8, 4) is 0 Å². The highest BCUT2D eigenvalue weighted by Gasteiger charge is 2.04. The van der Waals surface area contributed by atoms with Gasteiger partial charge >= 0.3 is 0 Å². The van der Waals surface area contributed by atoms with Crippen LogP contribution < -0.4 is 0 Å². The fourth-order valence-electron chi connectivity index (χ4n) is 1.21. The molecule has 1 rings (SSSR count). The summed E-state index contributed by atoms with van der Waals surface area (Å²) in [6, 6.07) is 7.81. The van der Waals surface area contributed by atoms with E-state index in [1.54, 1.807) is 6.08 Å². The Balaban J connectivity index is 2.56. The summed E-state index contributed by atoms with van der Waals surface area (Å²) in [4.78, 5) is 11.5. The monoisotopic (exact) mass is 252 g/mol. The van der Waals surface area contributed by atoms with Crippen molar-refractivity contribution in [2.75, 3.05) is 0 Å². The Bertz CT molecular complexity index is 331. The first-order chi connectivity index (χ1) is 6.74. The minimum absolute atomic E-state index is 0.261. The summed E-state index contributed by atoms with van der Waals surface area (Å²) in [5, 5.41) is 0. The summed E-state index contributed by atoms with van der Waals surface area (Å²) in [7, 11) is 0. The molecule has 0 bridgehead atoms. The molecule has 1 nitrogen and oxygen atoms in total. The highest BCUT2D eigenvalue weighted by Crippen LogP contribution is 2.17. The molecule has 1 aromatic rings. The van der Waals surface area contributed by atoms with Crippen molar-refractivity contribution in [2.24, 2.45) is 0 Å². The number of hydrogen-bond acceptors (Lipinski definition) is 1. The fraction of sp³-hybridized carbons (Fsp3) is 0.250. The highest BCUT2D eigenvalue weighted by atomic mass is 79.9. The van der Waals surface area contributed by atoms with Gasteiger partial charge in [0.1, 0.15) is 5.78 Å². The van der Waals surface area contributed by atoms with Gasteiger partial charge in [-0.2, -0.15) is 0 Å². The zero-order chi connectivity index (χ0) is 10.4. The van der Waals surface area contributed by atoms with Crippen LogP contribution in [0.2, 0.25) is 0 Å². The van der Waals surface area contributed by atoms with Crippen LogP contribution in [0.15, 0.2) is 41.4 Å². The average Bonchev–Trinajstić information content (AvgIpc) is 2.18. The van der Waals surface area contributed by atoms with Crippen LogP contribution in [0.3, 0.4) is 0 Å². The Kier molecular flexibility index (Phi) is 4.60. The van der Waals surface area contributed by atoms with E-state index in [1.165, 1.54) is 0 Å². The third-order valence-corrected chi connectivity index (χ3v) is 2.75. The third kappa shape index (κ3) is 3.46. The Labute approximate surface area is 93.0 Å². The first-order valence-corrected chi connectivity index (χ1v) is 5.39. The number of hydrogen-bond donors (Lipinski definition) is 0. The maximum absolute atomic E-state index is 11.5. The van der Waals surface area contributed by atoms with E-state index in [0.717, 1.165) is 16.5 Å². The van der Waals surface area contributed by atoms with E-state index in [2.05, 4.69) is 22.5 Å². The number of benzene rings is 1. The minimum atomic E-state index is 0.261. The molecule has 0 amide bonds. The van der Waals surface area contributed by atoms with Gasteiger partial charge < -0.3 is 0 Å². The second kappa shape index (κ2) is 5.76. The molecule has 0 N–H and O–H groups in total. The van der Waals surface area contributed by atoms with E-state index < -0.39 is 0 Å². The number of carbonyl (C=O) groups excluding carboxylic acids is 1. The number of allylic oxidation sites excluding steroid dienone is 1. The van der Waals surface area contributed by atoms with Gasteiger partial charge in [0, 0.05) is 17.3 Å². The average molecular weight is 253 g/mol. The van der Waals surface area contributed by atoms with Crippen molar-refractivity contribution in [1.82, 2.24) is 0 Å². The van der Waals surface area contributed by atoms with Gasteiger partial charge in [0.05, 0.1) is 0 Å². The topological polar surface area (TPSA) is 17.1 Å². The van der Waals surface area contributed by atoms with E-state index in [0.29, 0.717) is 12.8 Å². The second-order valence-electron chi connectivity index (χ2n) is 3.13. The molecule has 0 aromatic heterocycles. The largest absolute Gasteiger partial charge is 0.299 e. The van der Waals surface area contributed by atoms with Gasteiger partial charge in [-0.3, -0.25) is 4.79 Å². The molecule has 0 saturated carbocycles. The molecule has 0 radical (unpaired) electrons. The maximum Gasteiger partial charge on any atom is 0.137 e. The number of carbonyl (C=O) groups is 1. The van der Waals surface area contributed by atoms with Crippen molar-refractivity contribution < 1.29 is 4.79 Å². The van der Waals surface area contributed by atoms with Gasteiger partial charge in [0.2, 0.25) is 0 Å². The third-order valence-electron chi connectivity index (χ3n) is 1.97. The van der Waals surface area contributed by atoms with Crippen LogP contribution in [0.25, 0.3) is 0 Å². The molecule has 74 valence electrons. The molecule has 0 saturated heterocycles. The zero-order valence-corrected chi connectivity index (χ0v) is 9.59. The van der Waals surface area contributed by atoms with E-state index in [9.17, 15) is 4.79 Å². The van der Waals surface area contributed by atoms with Crippen LogP contribution in [0, 0.1) is 0 Å². The van der Waals surface area contributed by atoms with Crippen molar-refractivity contribution in [2.45, 2.75) is 19.3 Å². The molecule has 14 heavy (non-hydrogen) atoms. The maximum atomic E-state index is 11.5. The molecule has 0 aliphatic heterocycles. The summed E-state index contributed by atoms with van der Waals surface area (Å²) in [6.45, 7) is 3.60. The summed E-state index contributed by atoms with van der Waals surface area (Å²) < 4.78 is 1.01. The van der Waals surface area contributed by atoms with Gasteiger partial charge in [0.15, 0.2) is 0 Å². The molecule has 0 spiro atoms. The smallest absolute Gasteiger partial charge is 0.137 e. The molecule has 0 aliphatic carbocycles. The van der Waals surface area contributed by atoms with Gasteiger partial charge in [-0.1, -0.05) is 40.2 Å². The first kappa shape index (κ1) is 11.2. The van der Waals surface area contributed by atoms with Crippen LogP contribution in [-0.2, 0) is 11.2 Å². The second-order valence-corrected chi connectivity index (χ2v) is 3.99. The molecular formula is C12H13BrO. The van der Waals surface area contributed by atoms with Gasteiger partial charge in [0.25, 0.3) is 0 Å². The lowest BCUT2D eigenvalue weighted by Crippen LogP contribution is -2.02. The fourth-order valence-corrected chi connectivity index (χ4v) is 1.63. The lowest BCUT2D eigenvalue weighted by molar-refractivity contribution is -0.118. The number of rotatable bonds is 5. The Morgan fingerprint density at radius 1 is 1.43 bits per heavy atom. The van der Waals surface area contributed by atoms with E-state index >= 15 is 0 Å². The molecule has 1 aromatic carbocycles. The van der Waals surface area contributed by atoms with Crippen molar-refractivity contribution in [3.63, 3.8) is 0 Å². The van der Waals surface area contributed by atoms with Crippen LogP contribution in [0.4, 0.5) is 0 Å². The normalized spacial score (nSPS) is 9.79. The van der Waals surface area contributed by atoms with E-state index in [-0.39, 0.29) is 5.78 Å². The van der Waals surface area contributed by atoms with Crippen molar-refractivity contribution >= 4 is 21.7 Å². The zero-order valence-electron chi connectivity index (χ0n) is 8.00. The Morgan fingerprint density at radius 3 is 2.79 bits per heavy atom. The van der Waals surface area contributed by atoms with Crippen LogP contribution in [0.5, 0.6) is 0 Å². The molecular weight excluding hydrogens is 240 g/mol. The summed E-state index contributed by atoms with van der Waals surface area (Å²) in [5.41, 5.74) is 1.06. The molecule has 2 heteroatoms. The number of halogens is 1. The number of ketones is 1. The summed E-state index contributed by atoms with van der Waals surface area (Å²) in [5.74, 6) is 0.261. The SMILES string of the molecule is C=CCCC(=O)Cc1ccccc1Br. The van der Waals surface area contributed by atoms with Crippen LogP contribution >= 0.6 is 15.9 Å². The van der Waals surface area contributed by atoms with Crippen molar-refractivity contribution in [3.05, 3.63) is 47.0 Å². The van der Waals surface area contributed by atoms with Crippen molar-refractivity contribution in [1.29, 1.82) is 0 Å². The molecule has 0 heterocycles. The van der Waals surface area contributed by atoms with Crippen LogP contribution in [0.1, 0.15) is 18.4 Å². The first-order valence-electron chi connectivity index (χ1n) is 4.60. The molecule has 0 aliphatic rings. The Morgan fingerprint density at radius 2 is 2.14 bits per heavy atom. The predicted molar refractivity (Wildman–Crippen MR) is 62.3 cm³/mol. The van der Waals surface area contributed by atoms with Crippen LogP contribution in [-0.4, -0.2) is 5.78 Å². The van der Waals surface area contributed by atoms with E-state index in [4.69, 9.17) is 0 Å². The molecule has 0 unspecified atom stereocenters. The van der Waals surface area contributed by atoms with E-state index in [1.807, 2.05) is 24.3 Å². The van der Waals surface area contributed by atoms with Gasteiger partial charge in [-0.15, -0.1) is 6.58 Å². The lowest BCUT2D eigenvalue weighted by Gasteiger charge is -2.02. The standard InChI is InChI=1S/C12H13BrO/c1-2-3-7-11(14)9-10-6-4-5-8-12(10)13/h2,4-6,8H,1,3,7,9H2. The molecule has 0 atom stereocenters. The summed E-state index contributed by atoms with van der Waals surface area (Å²) in [6.07, 6.45) is 3.64. The molecule has 0 fully saturated rings. The highest BCUT2D eigenvalue weighted by molar-refractivity contribution is 9.10. The summed E-state index contributed by atoms with van der Waals surface area (Å²) >= 11 is 3.42. The quantitative estimate of drug-likeness (QED) is 0.733. The number of Topliss-reactive ketones (excluding diaryl/α,β-unsaturated/α-hetero) is 1. The minimum Gasteiger partial charge on any atom is -0.299 e. The van der Waals surface area contributed by atoms with Gasteiger partial charge in [-0.25, -0.2) is 0 Å². The predicted octanol–water partition coefficient (Wildman–Crippen LogP) is 3.53. The van der Waals surface area contributed by atoms with Gasteiger partial charge in [-0.05, 0) is 18.1 Å².